The molecular formula is C34H32FN3O3. The smallest absolute Gasteiger partial charge is 0.261 e. The molecule has 41 heavy (non-hydrogen) atoms. The first-order valence-corrected chi connectivity index (χ1v) is 14.0. The van der Waals surface area contributed by atoms with Crippen LogP contribution in [0.4, 0.5) is 4.39 Å². The van der Waals surface area contributed by atoms with Gasteiger partial charge in [-0.1, -0.05) is 55.8 Å². The zero-order valence-corrected chi connectivity index (χ0v) is 23.2. The molecule has 6 rings (SSSR count). The second kappa shape index (κ2) is 10.6. The van der Waals surface area contributed by atoms with Crippen LogP contribution >= 0.6 is 0 Å². The Balaban J connectivity index is 1.20. The van der Waals surface area contributed by atoms with Gasteiger partial charge in [-0.25, -0.2) is 9.07 Å². The summed E-state index contributed by atoms with van der Waals surface area (Å²) in [7, 11) is 0. The average molecular weight is 550 g/mol. The maximum atomic E-state index is 13.5. The maximum Gasteiger partial charge on any atom is 0.261 e. The van der Waals surface area contributed by atoms with Gasteiger partial charge in [0.25, 0.3) is 11.8 Å². The molecule has 3 aromatic carbocycles. The normalized spacial score (nSPS) is 18.7. The molecule has 6 nitrogen and oxygen atoms in total. The molecule has 0 spiro atoms. The van der Waals surface area contributed by atoms with E-state index in [1.54, 1.807) is 36.4 Å². The Morgan fingerprint density at radius 1 is 0.951 bits per heavy atom. The van der Waals surface area contributed by atoms with E-state index in [0.717, 1.165) is 40.1 Å². The Bertz CT molecular complexity index is 1640. The van der Waals surface area contributed by atoms with Crippen LogP contribution in [0.3, 0.4) is 0 Å². The molecule has 7 heteroatoms. The molecular weight excluding hydrogens is 517 g/mol. The molecule has 0 fully saturated rings. The third kappa shape index (κ3) is 4.70. The number of aliphatic hydroxyl groups excluding tert-OH is 1. The van der Waals surface area contributed by atoms with Gasteiger partial charge in [0.15, 0.2) is 0 Å². The monoisotopic (exact) mass is 549 g/mol. The van der Waals surface area contributed by atoms with Crippen molar-refractivity contribution in [2.24, 2.45) is 5.41 Å². The highest BCUT2D eigenvalue weighted by molar-refractivity contribution is 6.21. The molecule has 0 saturated carbocycles. The summed E-state index contributed by atoms with van der Waals surface area (Å²) in [6.07, 6.45) is 5.88. The summed E-state index contributed by atoms with van der Waals surface area (Å²) in [5.74, 6) is -0.838. The Hall–Kier alpha value is -4.36. The number of halogens is 1. The van der Waals surface area contributed by atoms with E-state index in [2.05, 4.69) is 25.0 Å². The fourth-order valence-electron chi connectivity index (χ4n) is 6.27. The number of aromatic nitrogens is 2. The quantitative estimate of drug-likeness (QED) is 0.267. The molecule has 1 N–H and O–H groups in total. The van der Waals surface area contributed by atoms with E-state index in [1.807, 2.05) is 35.1 Å². The summed E-state index contributed by atoms with van der Waals surface area (Å²) in [5, 5.41) is 16.2. The maximum absolute atomic E-state index is 13.5. The molecule has 2 aliphatic rings. The first-order chi connectivity index (χ1) is 19.8. The number of fused-ring (bicyclic) bond motifs is 2. The predicted molar refractivity (Wildman–Crippen MR) is 155 cm³/mol. The lowest BCUT2D eigenvalue weighted by Gasteiger charge is -2.39. The van der Waals surface area contributed by atoms with Crippen molar-refractivity contribution < 1.29 is 19.1 Å². The number of hydrogen-bond donors (Lipinski definition) is 1. The topological polar surface area (TPSA) is 75.4 Å². The lowest BCUT2D eigenvalue weighted by molar-refractivity contribution is 0.0529. The van der Waals surface area contributed by atoms with Gasteiger partial charge in [0.05, 0.1) is 41.4 Å². The number of aliphatic hydroxyl groups is 1. The van der Waals surface area contributed by atoms with Crippen molar-refractivity contribution in [1.29, 1.82) is 0 Å². The van der Waals surface area contributed by atoms with Crippen LogP contribution in [0.5, 0.6) is 0 Å². The van der Waals surface area contributed by atoms with Crippen LogP contribution in [0.15, 0.2) is 84.6 Å². The number of aryl methyl sites for hydroxylation is 1. The molecule has 0 bridgehead atoms. The summed E-state index contributed by atoms with van der Waals surface area (Å²) in [6.45, 7) is 4.40. The van der Waals surface area contributed by atoms with E-state index < -0.39 is 11.5 Å². The Kier molecular flexibility index (Phi) is 6.91. The number of rotatable bonds is 8. The van der Waals surface area contributed by atoms with Crippen LogP contribution in [0.1, 0.15) is 69.8 Å². The van der Waals surface area contributed by atoms with Gasteiger partial charge >= 0.3 is 0 Å². The summed E-state index contributed by atoms with van der Waals surface area (Å²) in [4.78, 5) is 27.2. The van der Waals surface area contributed by atoms with E-state index in [4.69, 9.17) is 0 Å². The molecule has 1 aliphatic heterocycles. The van der Waals surface area contributed by atoms with Crippen LogP contribution < -0.4 is 0 Å². The zero-order chi connectivity index (χ0) is 28.7. The SMILES string of the molecule is CCC1=Cc2c(cnn2-c2ccc(F)cc2)CC1(C)[C@@H](O)CCc1ccccc1CN1C(=O)c2ccccc2C1=O. The van der Waals surface area contributed by atoms with Crippen LogP contribution in [0.25, 0.3) is 11.8 Å². The van der Waals surface area contributed by atoms with Gasteiger partial charge in [-0.3, -0.25) is 14.5 Å². The van der Waals surface area contributed by atoms with Crippen LogP contribution in [-0.2, 0) is 19.4 Å². The molecule has 2 amide bonds. The molecule has 4 aromatic rings. The highest BCUT2D eigenvalue weighted by Crippen LogP contribution is 2.44. The van der Waals surface area contributed by atoms with Crippen molar-refractivity contribution >= 4 is 17.9 Å². The van der Waals surface area contributed by atoms with E-state index in [1.165, 1.54) is 17.0 Å². The van der Waals surface area contributed by atoms with Crippen LogP contribution in [-0.4, -0.2) is 37.7 Å². The standard InChI is InChI=1S/C34H32FN3O3/c1-3-25-18-30-24(20-36-38(30)27-15-13-26(35)14-16-27)19-34(25,2)31(39)17-12-22-8-4-5-9-23(22)21-37-32(40)28-10-6-7-11-29(28)33(37)41/h4-11,13-16,18,20,31,39H,3,12,17,19,21H2,1-2H3/t31-,34?/m0/s1. The highest BCUT2D eigenvalue weighted by Gasteiger charge is 2.40. The molecule has 2 heterocycles. The lowest BCUT2D eigenvalue weighted by Crippen LogP contribution is -2.38. The van der Waals surface area contributed by atoms with Gasteiger partial charge in [0.2, 0.25) is 0 Å². The number of carbonyl (C=O) groups excluding carboxylic acids is 2. The molecule has 1 aliphatic carbocycles. The van der Waals surface area contributed by atoms with Gasteiger partial charge in [0, 0.05) is 5.41 Å². The minimum absolute atomic E-state index is 0.196. The molecule has 1 aromatic heterocycles. The van der Waals surface area contributed by atoms with Crippen molar-refractivity contribution in [2.45, 2.75) is 52.2 Å². The van der Waals surface area contributed by atoms with Gasteiger partial charge in [-0.15, -0.1) is 0 Å². The van der Waals surface area contributed by atoms with E-state index in [9.17, 15) is 19.1 Å². The van der Waals surface area contributed by atoms with Gasteiger partial charge in [0.1, 0.15) is 5.82 Å². The number of carbonyl (C=O) groups is 2. The van der Waals surface area contributed by atoms with Crippen molar-refractivity contribution in [3.8, 4) is 5.69 Å². The first kappa shape index (κ1) is 26.8. The van der Waals surface area contributed by atoms with E-state index in [0.29, 0.717) is 30.4 Å². The third-order valence-electron chi connectivity index (χ3n) is 8.69. The van der Waals surface area contributed by atoms with Gasteiger partial charge in [-0.2, -0.15) is 5.10 Å². The Morgan fingerprint density at radius 3 is 2.24 bits per heavy atom. The van der Waals surface area contributed by atoms with Crippen molar-refractivity contribution in [1.82, 2.24) is 14.7 Å². The molecule has 208 valence electrons. The summed E-state index contributed by atoms with van der Waals surface area (Å²) in [6, 6.07) is 21.0. The largest absolute Gasteiger partial charge is 0.392 e. The third-order valence-corrected chi connectivity index (χ3v) is 8.69. The highest BCUT2D eigenvalue weighted by atomic mass is 19.1. The molecule has 2 atom stereocenters. The minimum Gasteiger partial charge on any atom is -0.392 e. The Labute approximate surface area is 238 Å². The van der Waals surface area contributed by atoms with Crippen molar-refractivity contribution in [3.63, 3.8) is 0 Å². The minimum atomic E-state index is -0.622. The fourth-order valence-corrected chi connectivity index (χ4v) is 6.27. The van der Waals surface area contributed by atoms with E-state index >= 15 is 0 Å². The first-order valence-electron chi connectivity index (χ1n) is 14.0. The molecule has 0 radical (unpaired) electrons. The second-order valence-electron chi connectivity index (χ2n) is 11.1. The van der Waals surface area contributed by atoms with Crippen LogP contribution in [0.2, 0.25) is 0 Å². The zero-order valence-electron chi connectivity index (χ0n) is 23.2. The summed E-state index contributed by atoms with van der Waals surface area (Å²) in [5.41, 5.74) is 6.25. The number of benzene rings is 3. The average Bonchev–Trinajstić information content (AvgIpc) is 3.50. The summed E-state index contributed by atoms with van der Waals surface area (Å²) >= 11 is 0. The van der Waals surface area contributed by atoms with Crippen LogP contribution in [0, 0.1) is 11.2 Å². The van der Waals surface area contributed by atoms with Crippen molar-refractivity contribution in [2.75, 3.05) is 0 Å². The molecule has 0 saturated heterocycles. The second-order valence-corrected chi connectivity index (χ2v) is 11.1. The number of hydrogen-bond acceptors (Lipinski definition) is 4. The van der Waals surface area contributed by atoms with Gasteiger partial charge < -0.3 is 5.11 Å². The lowest BCUT2D eigenvalue weighted by atomic mass is 9.67. The Morgan fingerprint density at radius 2 is 1.59 bits per heavy atom. The summed E-state index contributed by atoms with van der Waals surface area (Å²) < 4.78 is 15.3. The fraction of sp³-hybridized carbons (Fsp3) is 0.265. The molecule has 1 unspecified atom stereocenters. The van der Waals surface area contributed by atoms with Crippen molar-refractivity contribution in [3.05, 3.63) is 124 Å². The number of nitrogens with zero attached hydrogens (tertiary/aromatic N) is 3. The van der Waals surface area contributed by atoms with Gasteiger partial charge in [-0.05, 0) is 84.8 Å². The number of amides is 2. The number of imide groups is 1. The predicted octanol–water partition coefficient (Wildman–Crippen LogP) is 6.16. The van der Waals surface area contributed by atoms with E-state index in [-0.39, 0.29) is 24.2 Å².